The van der Waals surface area contributed by atoms with Gasteiger partial charge in [0.1, 0.15) is 12.4 Å². The van der Waals surface area contributed by atoms with Gasteiger partial charge >= 0.3 is 12.3 Å². The predicted octanol–water partition coefficient (Wildman–Crippen LogP) is 4.01. The van der Waals surface area contributed by atoms with E-state index >= 15 is 0 Å². The van der Waals surface area contributed by atoms with E-state index in [9.17, 15) is 18.0 Å². The Balaban J connectivity index is 1.75. The van der Waals surface area contributed by atoms with E-state index in [1.54, 1.807) is 6.08 Å². The van der Waals surface area contributed by atoms with Gasteiger partial charge in [0.2, 0.25) is 0 Å². The van der Waals surface area contributed by atoms with Gasteiger partial charge in [0.05, 0.1) is 5.56 Å². The fraction of sp³-hybridized carbons (Fsp3) is 0.222. The highest BCUT2D eigenvalue weighted by Crippen LogP contribution is 2.33. The van der Waals surface area contributed by atoms with Crippen molar-refractivity contribution in [2.24, 2.45) is 0 Å². The first-order valence-corrected chi connectivity index (χ1v) is 7.80. The Morgan fingerprint density at radius 1 is 1.27 bits per heavy atom. The van der Waals surface area contributed by atoms with Gasteiger partial charge < -0.3 is 15.8 Å². The summed E-state index contributed by atoms with van der Waals surface area (Å²) in [6.45, 7) is 0.457. The molecule has 0 radical (unpaired) electrons. The highest BCUT2D eigenvalue weighted by atomic mass is 19.4. The average molecular weight is 365 g/mol. The van der Waals surface area contributed by atoms with E-state index in [1.165, 1.54) is 12.3 Å². The van der Waals surface area contributed by atoms with Gasteiger partial charge in [-0.1, -0.05) is 42.5 Å². The van der Waals surface area contributed by atoms with Crippen LogP contribution >= 0.6 is 0 Å². The lowest BCUT2D eigenvalue weighted by atomic mass is 10.1. The third kappa shape index (κ3) is 6.12. The molecular formula is C18H18F3N3O2. The second kappa shape index (κ2) is 8.89. The van der Waals surface area contributed by atoms with Gasteiger partial charge in [-0.05, 0) is 23.6 Å². The molecule has 0 spiro atoms. The first-order valence-electron chi connectivity index (χ1n) is 7.80. The summed E-state index contributed by atoms with van der Waals surface area (Å²) in [6.07, 6.45) is -0.320. The van der Waals surface area contributed by atoms with Gasteiger partial charge in [0, 0.05) is 12.7 Å². The molecule has 1 heterocycles. The van der Waals surface area contributed by atoms with Crippen LogP contribution < -0.4 is 11.1 Å². The quantitative estimate of drug-likeness (QED) is 0.758. The fourth-order valence-electron chi connectivity index (χ4n) is 2.06. The molecule has 5 nitrogen and oxygen atoms in total. The molecule has 1 aromatic heterocycles. The molecule has 0 bridgehead atoms. The normalized spacial score (nSPS) is 11.5. The zero-order valence-corrected chi connectivity index (χ0v) is 13.8. The Kier molecular flexibility index (Phi) is 6.60. The molecule has 0 aliphatic rings. The van der Waals surface area contributed by atoms with Crippen molar-refractivity contribution in [3.8, 4) is 0 Å². The number of aromatic nitrogens is 1. The van der Waals surface area contributed by atoms with Crippen LogP contribution in [0.1, 0.15) is 23.1 Å². The largest absolute Gasteiger partial charge is 0.445 e. The van der Waals surface area contributed by atoms with Gasteiger partial charge in [-0.25, -0.2) is 9.78 Å². The molecule has 138 valence electrons. The lowest BCUT2D eigenvalue weighted by Crippen LogP contribution is -2.24. The Hall–Kier alpha value is -3.03. The minimum atomic E-state index is -4.55. The molecule has 8 heteroatoms. The fourth-order valence-corrected chi connectivity index (χ4v) is 2.06. The van der Waals surface area contributed by atoms with Crippen molar-refractivity contribution in [1.82, 2.24) is 10.3 Å². The Morgan fingerprint density at radius 3 is 2.69 bits per heavy atom. The monoisotopic (exact) mass is 365 g/mol. The van der Waals surface area contributed by atoms with E-state index in [1.807, 2.05) is 30.3 Å². The SMILES string of the molecule is Nc1ncc(C=CCCNC(=O)OCc2ccccc2)cc1C(F)(F)F. The number of pyridine rings is 1. The van der Waals surface area contributed by atoms with Crippen LogP contribution in [-0.2, 0) is 17.5 Å². The van der Waals surface area contributed by atoms with E-state index in [-0.39, 0.29) is 12.2 Å². The van der Waals surface area contributed by atoms with E-state index in [0.717, 1.165) is 11.6 Å². The highest BCUT2D eigenvalue weighted by Gasteiger charge is 2.33. The number of alkyl halides is 3. The van der Waals surface area contributed by atoms with Gasteiger partial charge in [-0.15, -0.1) is 0 Å². The molecule has 1 amide bonds. The summed E-state index contributed by atoms with van der Waals surface area (Å²) in [7, 11) is 0. The number of anilines is 1. The summed E-state index contributed by atoms with van der Waals surface area (Å²) in [4.78, 5) is 15.1. The zero-order chi connectivity index (χ0) is 19.0. The number of nitrogens with two attached hydrogens (primary N) is 1. The number of nitrogen functional groups attached to an aromatic ring is 1. The number of carbonyl (C=O) groups excluding carboxylic acids is 1. The summed E-state index contributed by atoms with van der Waals surface area (Å²) in [6, 6.07) is 10.2. The van der Waals surface area contributed by atoms with Gasteiger partial charge in [-0.3, -0.25) is 0 Å². The predicted molar refractivity (Wildman–Crippen MR) is 91.9 cm³/mol. The van der Waals surface area contributed by atoms with E-state index in [4.69, 9.17) is 10.5 Å². The van der Waals surface area contributed by atoms with Crippen LogP contribution in [-0.4, -0.2) is 17.6 Å². The number of carbonyl (C=O) groups is 1. The van der Waals surface area contributed by atoms with Crippen LogP contribution in [0.4, 0.5) is 23.8 Å². The molecule has 0 unspecified atom stereocenters. The number of hydrogen-bond donors (Lipinski definition) is 2. The van der Waals surface area contributed by atoms with Crippen LogP contribution in [0.2, 0.25) is 0 Å². The van der Waals surface area contributed by atoms with E-state index in [2.05, 4.69) is 10.3 Å². The minimum Gasteiger partial charge on any atom is -0.445 e. The van der Waals surface area contributed by atoms with Crippen LogP contribution in [0.3, 0.4) is 0 Å². The first kappa shape index (κ1) is 19.3. The molecule has 26 heavy (non-hydrogen) atoms. The number of halogens is 3. The third-order valence-corrected chi connectivity index (χ3v) is 3.35. The number of hydrogen-bond acceptors (Lipinski definition) is 4. The maximum Gasteiger partial charge on any atom is 0.419 e. The summed E-state index contributed by atoms with van der Waals surface area (Å²) in [5.41, 5.74) is 5.42. The number of ether oxygens (including phenoxy) is 1. The first-order chi connectivity index (χ1) is 12.4. The highest BCUT2D eigenvalue weighted by molar-refractivity contribution is 5.67. The van der Waals surface area contributed by atoms with Crippen molar-refractivity contribution in [3.05, 3.63) is 65.4 Å². The van der Waals surface area contributed by atoms with Crippen LogP contribution in [0.15, 0.2) is 48.7 Å². The Bertz CT molecular complexity index is 762. The second-order valence-corrected chi connectivity index (χ2v) is 5.38. The topological polar surface area (TPSA) is 77.2 Å². The number of alkyl carbamates (subject to hydrolysis) is 1. The van der Waals surface area contributed by atoms with Crippen LogP contribution in [0, 0.1) is 0 Å². The van der Waals surface area contributed by atoms with Crippen molar-refractivity contribution in [1.29, 1.82) is 0 Å². The molecule has 1 aromatic carbocycles. The smallest absolute Gasteiger partial charge is 0.419 e. The van der Waals surface area contributed by atoms with Gasteiger partial charge in [0.25, 0.3) is 0 Å². The standard InChI is InChI=1S/C18H18F3N3O2/c19-18(20,21)15-10-14(11-24-16(15)22)8-4-5-9-23-17(25)26-12-13-6-2-1-3-7-13/h1-4,6-8,10-11H,5,9,12H2,(H2,22,24)(H,23,25). The lowest BCUT2D eigenvalue weighted by Gasteiger charge is -2.09. The number of rotatable bonds is 6. The number of benzene rings is 1. The van der Waals surface area contributed by atoms with Crippen molar-refractivity contribution < 1.29 is 22.7 Å². The molecular weight excluding hydrogens is 347 g/mol. The van der Waals surface area contributed by atoms with Crippen molar-refractivity contribution in [2.75, 3.05) is 12.3 Å². The molecule has 0 saturated heterocycles. The van der Waals surface area contributed by atoms with Gasteiger partial charge in [0.15, 0.2) is 0 Å². The average Bonchev–Trinajstić information content (AvgIpc) is 2.61. The van der Waals surface area contributed by atoms with Crippen LogP contribution in [0.5, 0.6) is 0 Å². The summed E-state index contributed by atoms with van der Waals surface area (Å²) in [5.74, 6) is -0.558. The van der Waals surface area contributed by atoms with Gasteiger partial charge in [-0.2, -0.15) is 13.2 Å². The third-order valence-electron chi connectivity index (χ3n) is 3.35. The molecule has 2 aromatic rings. The molecule has 0 saturated carbocycles. The lowest BCUT2D eigenvalue weighted by molar-refractivity contribution is -0.137. The zero-order valence-electron chi connectivity index (χ0n) is 13.8. The Morgan fingerprint density at radius 2 is 2.00 bits per heavy atom. The summed E-state index contributed by atoms with van der Waals surface area (Å²) < 4.78 is 43.3. The number of amides is 1. The molecule has 0 aliphatic carbocycles. The molecule has 0 aliphatic heterocycles. The number of nitrogens with one attached hydrogen (secondary N) is 1. The maximum absolute atomic E-state index is 12.8. The van der Waals surface area contributed by atoms with Crippen molar-refractivity contribution in [3.63, 3.8) is 0 Å². The maximum atomic E-state index is 12.8. The van der Waals surface area contributed by atoms with Crippen molar-refractivity contribution >= 4 is 18.0 Å². The Labute approximate surface area is 148 Å². The van der Waals surface area contributed by atoms with E-state index < -0.39 is 23.7 Å². The summed E-state index contributed by atoms with van der Waals surface area (Å²) in [5, 5.41) is 2.56. The number of nitrogens with zero attached hydrogens (tertiary/aromatic N) is 1. The van der Waals surface area contributed by atoms with Crippen LogP contribution in [0.25, 0.3) is 6.08 Å². The molecule has 0 atom stereocenters. The summed E-state index contributed by atoms with van der Waals surface area (Å²) >= 11 is 0. The van der Waals surface area contributed by atoms with Crippen molar-refractivity contribution in [2.45, 2.75) is 19.2 Å². The van der Waals surface area contributed by atoms with E-state index in [0.29, 0.717) is 13.0 Å². The molecule has 3 N–H and O–H groups in total. The molecule has 0 fully saturated rings. The second-order valence-electron chi connectivity index (χ2n) is 5.38. The minimum absolute atomic E-state index is 0.167. The molecule has 2 rings (SSSR count).